The highest BCUT2D eigenvalue weighted by molar-refractivity contribution is 6.28. The Bertz CT molecular complexity index is 1630. The number of hydrogen-bond acceptors (Lipinski definition) is 3. The zero-order valence-electron chi connectivity index (χ0n) is 18.8. The molecule has 0 aliphatic carbocycles. The normalized spacial score (nSPS) is 11.0. The average Bonchev–Trinajstić information content (AvgIpc) is 2.93. The van der Waals surface area contributed by atoms with Crippen molar-refractivity contribution in [1.29, 1.82) is 0 Å². The molecular weight excluding hydrogens is 450 g/mol. The predicted octanol–water partition coefficient (Wildman–Crippen LogP) is 8.35. The molecule has 3 nitrogen and oxygen atoms in total. The van der Waals surface area contributed by atoms with E-state index in [0.29, 0.717) is 0 Å². The van der Waals surface area contributed by atoms with Gasteiger partial charge in [-0.2, -0.15) is 0 Å². The van der Waals surface area contributed by atoms with Crippen molar-refractivity contribution in [2.45, 2.75) is 0 Å². The van der Waals surface area contributed by atoms with Gasteiger partial charge in [-0.15, -0.1) is 0 Å². The second-order valence-electron chi connectivity index (χ2n) is 8.34. The van der Waals surface area contributed by atoms with Crippen LogP contribution in [-0.2, 0) is 0 Å². The third kappa shape index (κ3) is 4.42. The summed E-state index contributed by atoms with van der Waals surface area (Å²) in [5, 5.41) is 1.35. The molecule has 0 amide bonds. The molecule has 2 aromatic heterocycles. The Balaban J connectivity index is 1.30. The van der Waals surface area contributed by atoms with Gasteiger partial charge < -0.3 is 0 Å². The molecule has 0 unspecified atom stereocenters. The minimum atomic E-state index is 0.229. The Hall–Kier alpha value is -4.34. The van der Waals surface area contributed by atoms with Gasteiger partial charge in [0.1, 0.15) is 0 Å². The van der Waals surface area contributed by atoms with E-state index in [2.05, 4.69) is 87.7 Å². The van der Waals surface area contributed by atoms with Gasteiger partial charge in [-0.05, 0) is 46.5 Å². The Morgan fingerprint density at radius 3 is 1.63 bits per heavy atom. The molecule has 2 heterocycles. The fourth-order valence-electron chi connectivity index (χ4n) is 4.24. The summed E-state index contributed by atoms with van der Waals surface area (Å²) >= 11 is 6.33. The first kappa shape index (κ1) is 21.2. The molecule has 35 heavy (non-hydrogen) atoms. The van der Waals surface area contributed by atoms with E-state index in [4.69, 9.17) is 11.6 Å². The van der Waals surface area contributed by atoms with Gasteiger partial charge in [-0.25, -0.2) is 9.97 Å². The Labute approximate surface area is 208 Å². The van der Waals surface area contributed by atoms with Crippen molar-refractivity contribution in [3.63, 3.8) is 0 Å². The minimum Gasteiger partial charge on any atom is -0.256 e. The molecule has 0 aliphatic rings. The second kappa shape index (κ2) is 9.13. The molecule has 0 fully saturated rings. The number of pyridine rings is 1. The maximum Gasteiger partial charge on any atom is 0.223 e. The van der Waals surface area contributed by atoms with Crippen molar-refractivity contribution in [1.82, 2.24) is 15.0 Å². The molecule has 0 atom stereocenters. The van der Waals surface area contributed by atoms with Crippen LogP contribution in [0, 0.1) is 0 Å². The molecule has 0 N–H and O–H groups in total. The third-order valence-corrected chi connectivity index (χ3v) is 6.26. The molecule has 6 aromatic rings. The van der Waals surface area contributed by atoms with Crippen LogP contribution < -0.4 is 0 Å². The lowest BCUT2D eigenvalue weighted by Gasteiger charge is -2.08. The highest BCUT2D eigenvalue weighted by atomic mass is 35.5. The van der Waals surface area contributed by atoms with E-state index in [1.807, 2.05) is 48.7 Å². The van der Waals surface area contributed by atoms with Crippen molar-refractivity contribution < 1.29 is 0 Å². The van der Waals surface area contributed by atoms with Gasteiger partial charge in [0.15, 0.2) is 0 Å². The standard InChI is InChI=1S/C31H20ClN3/c32-31-34-29(24-14-10-22(11-15-24)21-6-2-1-3-7-21)19-30(35-31)25-16-12-23(13-17-25)27-18-26-8-4-5-9-28(26)33-20-27/h1-20H. The van der Waals surface area contributed by atoms with Crippen LogP contribution in [0.1, 0.15) is 0 Å². The lowest BCUT2D eigenvalue weighted by molar-refractivity contribution is 1.18. The van der Waals surface area contributed by atoms with Crippen molar-refractivity contribution >= 4 is 22.5 Å². The van der Waals surface area contributed by atoms with Crippen LogP contribution in [-0.4, -0.2) is 15.0 Å². The summed E-state index contributed by atoms with van der Waals surface area (Å²) < 4.78 is 0. The fourth-order valence-corrected chi connectivity index (χ4v) is 4.42. The molecule has 0 spiro atoms. The van der Waals surface area contributed by atoms with Gasteiger partial charge in [0.05, 0.1) is 16.9 Å². The quantitative estimate of drug-likeness (QED) is 0.243. The monoisotopic (exact) mass is 469 g/mol. The van der Waals surface area contributed by atoms with Gasteiger partial charge in [0.25, 0.3) is 0 Å². The van der Waals surface area contributed by atoms with Crippen molar-refractivity contribution in [2.24, 2.45) is 0 Å². The summed E-state index contributed by atoms with van der Waals surface area (Å²) in [7, 11) is 0. The number of benzene rings is 4. The van der Waals surface area contributed by atoms with E-state index < -0.39 is 0 Å². The Morgan fingerprint density at radius 1 is 0.457 bits per heavy atom. The first-order valence-corrected chi connectivity index (χ1v) is 11.8. The molecule has 0 radical (unpaired) electrons. The lowest BCUT2D eigenvalue weighted by Crippen LogP contribution is -1.92. The van der Waals surface area contributed by atoms with Crippen LogP contribution in [0.3, 0.4) is 0 Å². The van der Waals surface area contributed by atoms with Crippen LogP contribution in [0.15, 0.2) is 121 Å². The van der Waals surface area contributed by atoms with Crippen LogP contribution in [0.5, 0.6) is 0 Å². The van der Waals surface area contributed by atoms with E-state index in [1.54, 1.807) is 0 Å². The first-order chi connectivity index (χ1) is 17.2. The second-order valence-corrected chi connectivity index (χ2v) is 8.68. The van der Waals surface area contributed by atoms with Gasteiger partial charge in [0.2, 0.25) is 5.28 Å². The Kier molecular flexibility index (Phi) is 5.53. The van der Waals surface area contributed by atoms with Crippen molar-refractivity contribution in [2.75, 3.05) is 0 Å². The SMILES string of the molecule is Clc1nc(-c2ccc(-c3ccccc3)cc2)cc(-c2ccc(-c3cnc4ccccc4c3)cc2)n1. The molecule has 4 aromatic carbocycles. The van der Waals surface area contributed by atoms with Gasteiger partial charge in [-0.3, -0.25) is 4.98 Å². The number of rotatable bonds is 4. The molecule has 4 heteroatoms. The average molecular weight is 470 g/mol. The van der Waals surface area contributed by atoms with Crippen LogP contribution in [0.2, 0.25) is 5.28 Å². The minimum absolute atomic E-state index is 0.229. The summed E-state index contributed by atoms with van der Waals surface area (Å²) in [4.78, 5) is 13.5. The maximum atomic E-state index is 6.33. The van der Waals surface area contributed by atoms with E-state index in [0.717, 1.165) is 50.1 Å². The smallest absolute Gasteiger partial charge is 0.223 e. The summed E-state index contributed by atoms with van der Waals surface area (Å²) in [6.07, 6.45) is 1.91. The molecule has 166 valence electrons. The number of aromatic nitrogens is 3. The van der Waals surface area contributed by atoms with Crippen LogP contribution in [0.4, 0.5) is 0 Å². The zero-order valence-corrected chi connectivity index (χ0v) is 19.5. The maximum absolute atomic E-state index is 6.33. The number of hydrogen-bond donors (Lipinski definition) is 0. The van der Waals surface area contributed by atoms with Crippen LogP contribution in [0.25, 0.3) is 55.7 Å². The zero-order chi connectivity index (χ0) is 23.6. The third-order valence-electron chi connectivity index (χ3n) is 6.09. The molecule has 0 aliphatic heterocycles. The van der Waals surface area contributed by atoms with E-state index in [-0.39, 0.29) is 5.28 Å². The first-order valence-electron chi connectivity index (χ1n) is 11.4. The largest absolute Gasteiger partial charge is 0.256 e. The van der Waals surface area contributed by atoms with Crippen molar-refractivity contribution in [3.05, 3.63) is 127 Å². The van der Waals surface area contributed by atoms with E-state index in [9.17, 15) is 0 Å². The lowest BCUT2D eigenvalue weighted by atomic mass is 10.0. The molecular formula is C31H20ClN3. The highest BCUT2D eigenvalue weighted by Crippen LogP contribution is 2.29. The fraction of sp³-hybridized carbons (Fsp3) is 0. The van der Waals surface area contributed by atoms with Gasteiger partial charge >= 0.3 is 0 Å². The summed E-state index contributed by atoms with van der Waals surface area (Å²) in [6, 6.07) is 39.2. The number of halogens is 1. The summed E-state index contributed by atoms with van der Waals surface area (Å²) in [5.74, 6) is 0. The Morgan fingerprint density at radius 2 is 0.971 bits per heavy atom. The molecule has 0 saturated carbocycles. The van der Waals surface area contributed by atoms with Gasteiger partial charge in [-0.1, -0.05) is 97.1 Å². The number of para-hydroxylation sites is 1. The van der Waals surface area contributed by atoms with Gasteiger partial charge in [0, 0.05) is 28.3 Å². The molecule has 0 saturated heterocycles. The topological polar surface area (TPSA) is 38.7 Å². The van der Waals surface area contributed by atoms with Crippen LogP contribution >= 0.6 is 11.6 Å². The summed E-state index contributed by atoms with van der Waals surface area (Å²) in [5.41, 5.74) is 9.07. The number of nitrogens with zero attached hydrogens (tertiary/aromatic N) is 3. The molecule has 0 bridgehead atoms. The van der Waals surface area contributed by atoms with E-state index in [1.165, 1.54) is 5.56 Å². The predicted molar refractivity (Wildman–Crippen MR) is 144 cm³/mol. The molecule has 6 rings (SSSR count). The summed E-state index contributed by atoms with van der Waals surface area (Å²) in [6.45, 7) is 0. The van der Waals surface area contributed by atoms with E-state index >= 15 is 0 Å². The highest BCUT2D eigenvalue weighted by Gasteiger charge is 2.09. The van der Waals surface area contributed by atoms with Crippen molar-refractivity contribution in [3.8, 4) is 44.8 Å². The number of fused-ring (bicyclic) bond motifs is 1.